The molecule has 0 bridgehead atoms. The summed E-state index contributed by atoms with van der Waals surface area (Å²) in [6.07, 6.45) is 0. The van der Waals surface area contributed by atoms with Crippen LogP contribution in [0.15, 0.2) is 206 Å². The van der Waals surface area contributed by atoms with E-state index in [0.29, 0.717) is 0 Å². The number of aromatic nitrogens is 4. The number of hydrogen-bond donors (Lipinski definition) is 0. The quantitative estimate of drug-likeness (QED) is 0.165. The highest BCUT2D eigenvalue weighted by atomic mass is 15.1. The van der Waals surface area contributed by atoms with Crippen LogP contribution in [0.25, 0.3) is 110 Å². The standard InChI is InChI=1S/C54H34N4/c1-3-14-37(15-4-1)53-44-20-10-9-19-43(44)45-34-52-47(33-49(45)55-53)46-32-40(28-30-50(46)57(52)41-17-5-2-6-18-41)36-23-25-38(26-24-36)54-56-48-21-11-12-22-51(48)58(54)42-29-27-35-13-7-8-16-39(35)31-42/h1-34H. The molecule has 3 aromatic heterocycles. The number of fused-ring (bicyclic) bond motifs is 8. The largest absolute Gasteiger partial charge is 0.309 e. The van der Waals surface area contributed by atoms with Crippen LogP contribution in [0.5, 0.6) is 0 Å². The normalized spacial score (nSPS) is 11.8. The van der Waals surface area contributed by atoms with Crippen molar-refractivity contribution in [2.45, 2.75) is 0 Å². The number of nitrogens with zero attached hydrogens (tertiary/aromatic N) is 4. The molecule has 0 radical (unpaired) electrons. The lowest BCUT2D eigenvalue weighted by atomic mass is 9.98. The van der Waals surface area contributed by atoms with Crippen molar-refractivity contribution in [2.75, 3.05) is 0 Å². The fraction of sp³-hybridized carbons (Fsp3) is 0. The Hall–Kier alpha value is -7.82. The van der Waals surface area contributed by atoms with Crippen molar-refractivity contribution in [1.82, 2.24) is 19.1 Å². The smallest absolute Gasteiger partial charge is 0.145 e. The lowest BCUT2D eigenvalue weighted by Crippen LogP contribution is -1.97. The van der Waals surface area contributed by atoms with Gasteiger partial charge in [-0.05, 0) is 87.9 Å². The van der Waals surface area contributed by atoms with Crippen LogP contribution < -0.4 is 0 Å². The fourth-order valence-electron chi connectivity index (χ4n) is 8.93. The summed E-state index contributed by atoms with van der Waals surface area (Å²) in [6.45, 7) is 0. The van der Waals surface area contributed by atoms with E-state index in [1.807, 2.05) is 0 Å². The molecule has 0 saturated heterocycles. The molecule has 0 atom stereocenters. The topological polar surface area (TPSA) is 35.6 Å². The Balaban J connectivity index is 1.03. The van der Waals surface area contributed by atoms with E-state index >= 15 is 0 Å². The van der Waals surface area contributed by atoms with Crippen LogP contribution >= 0.6 is 0 Å². The number of pyridine rings is 1. The average Bonchev–Trinajstić information content (AvgIpc) is 3.84. The summed E-state index contributed by atoms with van der Waals surface area (Å²) in [7, 11) is 0. The molecular weight excluding hydrogens is 705 g/mol. The first kappa shape index (κ1) is 32.4. The molecule has 0 amide bonds. The van der Waals surface area contributed by atoms with Gasteiger partial charge in [0, 0.05) is 44.0 Å². The molecule has 0 saturated carbocycles. The predicted molar refractivity (Wildman–Crippen MR) is 242 cm³/mol. The van der Waals surface area contributed by atoms with Gasteiger partial charge in [0.05, 0.1) is 33.3 Å². The second-order valence-corrected chi connectivity index (χ2v) is 15.0. The minimum Gasteiger partial charge on any atom is -0.309 e. The molecule has 270 valence electrons. The van der Waals surface area contributed by atoms with Gasteiger partial charge in [-0.2, -0.15) is 0 Å². The number of rotatable bonds is 5. The first-order valence-corrected chi connectivity index (χ1v) is 19.7. The molecular formula is C54H34N4. The Morgan fingerprint density at radius 2 is 0.966 bits per heavy atom. The van der Waals surface area contributed by atoms with Crippen LogP contribution in [0, 0.1) is 0 Å². The van der Waals surface area contributed by atoms with E-state index in [1.165, 1.54) is 26.9 Å². The van der Waals surface area contributed by atoms with Crippen LogP contribution in [-0.2, 0) is 0 Å². The SMILES string of the molecule is c1ccc(-c2nc3cc4c5cc(-c6ccc(-c7nc8ccccc8n7-c7ccc8ccccc8c7)cc6)ccc5n(-c5ccccc5)c4cc3c3ccccc23)cc1. The Bertz CT molecular complexity index is 3540. The van der Waals surface area contributed by atoms with Crippen LogP contribution in [0.2, 0.25) is 0 Å². The number of hydrogen-bond acceptors (Lipinski definition) is 2. The second kappa shape index (κ2) is 12.9. The molecule has 0 N–H and O–H groups in total. The van der Waals surface area contributed by atoms with Gasteiger partial charge in [-0.3, -0.25) is 4.57 Å². The molecule has 0 aliphatic carbocycles. The van der Waals surface area contributed by atoms with E-state index in [0.717, 1.165) is 83.5 Å². The van der Waals surface area contributed by atoms with Gasteiger partial charge in [-0.25, -0.2) is 9.97 Å². The lowest BCUT2D eigenvalue weighted by molar-refractivity contribution is 1.11. The third-order valence-electron chi connectivity index (χ3n) is 11.7. The maximum Gasteiger partial charge on any atom is 0.145 e. The number of benzene rings is 9. The first-order chi connectivity index (χ1) is 28.7. The monoisotopic (exact) mass is 738 g/mol. The van der Waals surface area contributed by atoms with E-state index in [2.05, 4.69) is 215 Å². The Morgan fingerprint density at radius 1 is 0.293 bits per heavy atom. The van der Waals surface area contributed by atoms with Gasteiger partial charge in [-0.15, -0.1) is 0 Å². The van der Waals surface area contributed by atoms with E-state index in [-0.39, 0.29) is 0 Å². The maximum absolute atomic E-state index is 5.37. The molecule has 0 fully saturated rings. The maximum atomic E-state index is 5.37. The molecule has 0 spiro atoms. The van der Waals surface area contributed by atoms with Crippen molar-refractivity contribution in [3.05, 3.63) is 206 Å². The van der Waals surface area contributed by atoms with Gasteiger partial charge in [-0.1, -0.05) is 146 Å². The van der Waals surface area contributed by atoms with Gasteiger partial charge in [0.2, 0.25) is 0 Å². The third-order valence-corrected chi connectivity index (χ3v) is 11.7. The Labute approximate surface area is 334 Å². The minimum absolute atomic E-state index is 0.922. The summed E-state index contributed by atoms with van der Waals surface area (Å²) in [4.78, 5) is 10.5. The fourth-order valence-corrected chi connectivity index (χ4v) is 8.93. The highest BCUT2D eigenvalue weighted by molar-refractivity contribution is 6.19. The van der Waals surface area contributed by atoms with Crippen LogP contribution in [-0.4, -0.2) is 19.1 Å². The van der Waals surface area contributed by atoms with Crippen molar-refractivity contribution in [1.29, 1.82) is 0 Å². The molecule has 9 aromatic carbocycles. The summed E-state index contributed by atoms with van der Waals surface area (Å²) in [6, 6.07) is 73.8. The van der Waals surface area contributed by atoms with Crippen molar-refractivity contribution in [3.63, 3.8) is 0 Å². The summed E-state index contributed by atoms with van der Waals surface area (Å²) >= 11 is 0. The predicted octanol–water partition coefficient (Wildman–Crippen LogP) is 14.0. The van der Waals surface area contributed by atoms with Gasteiger partial charge >= 0.3 is 0 Å². The second-order valence-electron chi connectivity index (χ2n) is 15.0. The molecule has 0 aliphatic rings. The first-order valence-electron chi connectivity index (χ1n) is 19.7. The summed E-state index contributed by atoms with van der Waals surface area (Å²) in [5, 5.41) is 8.30. The van der Waals surface area contributed by atoms with Crippen LogP contribution in [0.4, 0.5) is 0 Å². The highest BCUT2D eigenvalue weighted by Gasteiger charge is 2.19. The summed E-state index contributed by atoms with van der Waals surface area (Å²) in [5.74, 6) is 0.922. The Kier molecular flexibility index (Phi) is 7.20. The van der Waals surface area contributed by atoms with E-state index in [9.17, 15) is 0 Å². The molecule has 0 unspecified atom stereocenters. The van der Waals surface area contributed by atoms with Crippen molar-refractivity contribution in [2.24, 2.45) is 0 Å². The van der Waals surface area contributed by atoms with E-state index in [1.54, 1.807) is 0 Å². The lowest BCUT2D eigenvalue weighted by Gasteiger charge is -2.12. The minimum atomic E-state index is 0.922. The molecule has 4 nitrogen and oxygen atoms in total. The van der Waals surface area contributed by atoms with Crippen molar-refractivity contribution >= 4 is 65.3 Å². The van der Waals surface area contributed by atoms with Crippen LogP contribution in [0.3, 0.4) is 0 Å². The van der Waals surface area contributed by atoms with Crippen molar-refractivity contribution in [3.8, 4) is 45.1 Å². The molecule has 4 heteroatoms. The van der Waals surface area contributed by atoms with Crippen LogP contribution in [0.1, 0.15) is 0 Å². The van der Waals surface area contributed by atoms with Gasteiger partial charge in [0.25, 0.3) is 0 Å². The molecule has 12 rings (SSSR count). The van der Waals surface area contributed by atoms with E-state index in [4.69, 9.17) is 9.97 Å². The van der Waals surface area contributed by atoms with Gasteiger partial charge < -0.3 is 4.57 Å². The summed E-state index contributed by atoms with van der Waals surface area (Å²) in [5.41, 5.74) is 13.1. The van der Waals surface area contributed by atoms with Gasteiger partial charge in [0.1, 0.15) is 5.82 Å². The average molecular weight is 739 g/mol. The zero-order valence-electron chi connectivity index (χ0n) is 31.4. The third kappa shape index (κ3) is 5.09. The zero-order valence-corrected chi connectivity index (χ0v) is 31.4. The molecule has 58 heavy (non-hydrogen) atoms. The molecule has 12 aromatic rings. The number of imidazole rings is 1. The molecule has 3 heterocycles. The zero-order chi connectivity index (χ0) is 38.2. The van der Waals surface area contributed by atoms with Crippen molar-refractivity contribution < 1.29 is 0 Å². The van der Waals surface area contributed by atoms with E-state index < -0.39 is 0 Å². The highest BCUT2D eigenvalue weighted by Crippen LogP contribution is 2.40. The molecule has 0 aliphatic heterocycles. The van der Waals surface area contributed by atoms with Gasteiger partial charge in [0.15, 0.2) is 0 Å². The summed E-state index contributed by atoms with van der Waals surface area (Å²) < 4.78 is 4.68. The number of para-hydroxylation sites is 3. The Morgan fingerprint density at radius 3 is 1.81 bits per heavy atom.